The lowest BCUT2D eigenvalue weighted by Gasteiger charge is -2.35. The summed E-state index contributed by atoms with van der Waals surface area (Å²) in [4.78, 5) is 36.0. The Morgan fingerprint density at radius 2 is 1.72 bits per heavy atom. The zero-order chi connectivity index (χ0) is 27.6. The Hall–Kier alpha value is -3.20. The van der Waals surface area contributed by atoms with Crippen LogP contribution in [-0.4, -0.2) is 70.3 Å². The van der Waals surface area contributed by atoms with Crippen LogP contribution in [-0.2, 0) is 29.6 Å². The Kier molecular flexibility index (Phi) is 10.5. The number of rotatable bonds is 11. The molecule has 1 unspecified atom stereocenters. The number of hydrogen-bond donors (Lipinski definition) is 0. The average Bonchev–Trinajstić information content (AvgIpc) is 2.97. The van der Waals surface area contributed by atoms with Crippen molar-refractivity contribution in [3.8, 4) is 0 Å². The molecule has 3 aromatic rings. The van der Waals surface area contributed by atoms with Gasteiger partial charge in [0.05, 0.1) is 17.6 Å². The molecule has 8 heteroatoms. The van der Waals surface area contributed by atoms with E-state index in [4.69, 9.17) is 9.72 Å². The lowest BCUT2D eigenvalue weighted by Crippen LogP contribution is -2.50. The number of ether oxygens (including phenoxy) is 1. The first kappa shape index (κ1) is 28.8. The van der Waals surface area contributed by atoms with E-state index in [1.165, 1.54) is 17.3 Å². The molecule has 1 atom stereocenters. The first-order valence-electron chi connectivity index (χ1n) is 13.5. The summed E-state index contributed by atoms with van der Waals surface area (Å²) in [6, 6.07) is 20.2. The van der Waals surface area contributed by atoms with Crippen molar-refractivity contribution in [1.29, 1.82) is 0 Å². The molecule has 4 rings (SSSR count). The quantitative estimate of drug-likeness (QED) is 0.265. The molecular weight excluding hydrogens is 508 g/mol. The second-order valence-electron chi connectivity index (χ2n) is 9.73. The lowest BCUT2D eigenvalue weighted by atomic mass is 10.0. The van der Waals surface area contributed by atoms with Crippen LogP contribution in [0.5, 0.6) is 0 Å². The molecule has 206 valence electrons. The van der Waals surface area contributed by atoms with Gasteiger partial charge in [0, 0.05) is 58.9 Å². The Morgan fingerprint density at radius 3 is 2.36 bits per heavy atom. The van der Waals surface area contributed by atoms with Gasteiger partial charge in [-0.25, -0.2) is 4.98 Å². The summed E-state index contributed by atoms with van der Waals surface area (Å²) < 4.78 is 6.97. The molecule has 2 aromatic carbocycles. The molecule has 2 heterocycles. The van der Waals surface area contributed by atoms with E-state index in [1.54, 1.807) is 18.7 Å². The second-order valence-corrected chi connectivity index (χ2v) is 10.9. The fourth-order valence-corrected chi connectivity index (χ4v) is 5.78. The summed E-state index contributed by atoms with van der Waals surface area (Å²) >= 11 is 1.38. The fraction of sp³-hybridized carbons (Fsp3) is 0.387. The van der Waals surface area contributed by atoms with Gasteiger partial charge in [-0.2, -0.15) is 0 Å². The number of methoxy groups -OCH3 is 1. The molecule has 0 radical (unpaired) electrons. The van der Waals surface area contributed by atoms with Gasteiger partial charge in [-0.3, -0.25) is 19.1 Å². The number of carbonyl (C=O) groups is 1. The van der Waals surface area contributed by atoms with Gasteiger partial charge in [0.25, 0.3) is 5.56 Å². The van der Waals surface area contributed by atoms with Crippen LogP contribution in [0.1, 0.15) is 35.7 Å². The molecule has 7 nitrogen and oxygen atoms in total. The zero-order valence-electron chi connectivity index (χ0n) is 23.1. The van der Waals surface area contributed by atoms with Crippen molar-refractivity contribution in [2.75, 3.05) is 39.8 Å². The topological polar surface area (TPSA) is 67.7 Å². The Labute approximate surface area is 235 Å². The van der Waals surface area contributed by atoms with Crippen LogP contribution >= 0.6 is 11.8 Å². The molecule has 0 N–H and O–H groups in total. The molecule has 0 saturated carbocycles. The molecule has 1 fully saturated rings. The summed E-state index contributed by atoms with van der Waals surface area (Å²) in [5.74, 6) is 0.109. The molecule has 0 spiro atoms. The van der Waals surface area contributed by atoms with E-state index in [0.717, 1.165) is 25.2 Å². The van der Waals surface area contributed by atoms with Crippen molar-refractivity contribution in [3.05, 3.63) is 99.5 Å². The van der Waals surface area contributed by atoms with Crippen LogP contribution in [0.25, 0.3) is 6.08 Å². The SMILES string of the molecule is CCC(Sc1nc(COC)c(Cc2ccccc2)c(=O)n1C)C(=O)N1CCN(C/C=C/c2ccccc2)CC1. The van der Waals surface area contributed by atoms with Gasteiger partial charge in [-0.15, -0.1) is 0 Å². The normalized spacial score (nSPS) is 15.1. The highest BCUT2D eigenvalue weighted by Gasteiger charge is 2.28. The van der Waals surface area contributed by atoms with E-state index >= 15 is 0 Å². The molecule has 1 saturated heterocycles. The van der Waals surface area contributed by atoms with Gasteiger partial charge in [0.15, 0.2) is 5.16 Å². The largest absolute Gasteiger partial charge is 0.378 e. The first-order valence-corrected chi connectivity index (χ1v) is 14.4. The molecule has 39 heavy (non-hydrogen) atoms. The predicted molar refractivity (Wildman–Crippen MR) is 158 cm³/mol. The molecule has 1 aliphatic rings. The van der Waals surface area contributed by atoms with Crippen molar-refractivity contribution >= 4 is 23.7 Å². The Morgan fingerprint density at radius 1 is 1.05 bits per heavy atom. The Balaban J connectivity index is 1.40. The van der Waals surface area contributed by atoms with Crippen LogP contribution in [0, 0.1) is 0 Å². The third kappa shape index (κ3) is 7.68. The minimum atomic E-state index is -0.303. The number of benzene rings is 2. The van der Waals surface area contributed by atoms with Crippen LogP contribution in [0.3, 0.4) is 0 Å². The van der Waals surface area contributed by atoms with E-state index in [9.17, 15) is 9.59 Å². The average molecular weight is 547 g/mol. The number of piperazine rings is 1. The third-order valence-corrected chi connectivity index (χ3v) is 8.38. The van der Waals surface area contributed by atoms with E-state index in [0.29, 0.717) is 42.3 Å². The number of nitrogens with zero attached hydrogens (tertiary/aromatic N) is 4. The number of hydrogen-bond acceptors (Lipinski definition) is 6. The zero-order valence-corrected chi connectivity index (χ0v) is 23.9. The molecule has 1 amide bonds. The minimum Gasteiger partial charge on any atom is -0.378 e. The molecule has 0 aliphatic carbocycles. The molecule has 1 aliphatic heterocycles. The van der Waals surface area contributed by atoms with Gasteiger partial charge in [-0.1, -0.05) is 91.5 Å². The van der Waals surface area contributed by atoms with Crippen molar-refractivity contribution < 1.29 is 9.53 Å². The molecular formula is C31H38N4O3S. The van der Waals surface area contributed by atoms with E-state index in [1.807, 2.05) is 60.4 Å². The van der Waals surface area contributed by atoms with Gasteiger partial charge in [0.1, 0.15) is 0 Å². The van der Waals surface area contributed by atoms with Crippen molar-refractivity contribution in [2.45, 2.75) is 36.8 Å². The van der Waals surface area contributed by atoms with Gasteiger partial charge < -0.3 is 9.64 Å². The maximum absolute atomic E-state index is 13.5. The smallest absolute Gasteiger partial charge is 0.257 e. The maximum atomic E-state index is 13.5. The summed E-state index contributed by atoms with van der Waals surface area (Å²) in [5, 5.41) is 0.247. The van der Waals surface area contributed by atoms with E-state index < -0.39 is 0 Å². The molecule has 1 aromatic heterocycles. The monoisotopic (exact) mass is 546 g/mol. The summed E-state index contributed by atoms with van der Waals surface area (Å²) in [6.07, 6.45) is 5.47. The standard InChI is InChI=1S/C31H38N4O3S/c1-4-28(30(37)35-20-18-34(19-21-35)17-11-16-24-12-7-5-8-13-24)39-31-32-27(23-38-3)26(29(36)33(31)2)22-25-14-9-6-10-15-25/h5-16,28H,4,17-23H2,1-3H3/b16-11+. The number of thioether (sulfide) groups is 1. The summed E-state index contributed by atoms with van der Waals surface area (Å²) in [5.41, 5.74) is 3.41. The molecule has 0 bridgehead atoms. The van der Waals surface area contributed by atoms with Crippen LogP contribution < -0.4 is 5.56 Å². The van der Waals surface area contributed by atoms with Crippen molar-refractivity contribution in [1.82, 2.24) is 19.4 Å². The van der Waals surface area contributed by atoms with Crippen molar-refractivity contribution in [3.63, 3.8) is 0 Å². The predicted octanol–water partition coefficient (Wildman–Crippen LogP) is 4.25. The highest BCUT2D eigenvalue weighted by atomic mass is 32.2. The highest BCUT2D eigenvalue weighted by molar-refractivity contribution is 8.00. The van der Waals surface area contributed by atoms with E-state index in [2.05, 4.69) is 29.2 Å². The number of carbonyl (C=O) groups excluding carboxylic acids is 1. The van der Waals surface area contributed by atoms with Crippen molar-refractivity contribution in [2.24, 2.45) is 7.05 Å². The highest BCUT2D eigenvalue weighted by Crippen LogP contribution is 2.26. The van der Waals surface area contributed by atoms with Crippen LogP contribution in [0.15, 0.2) is 76.7 Å². The maximum Gasteiger partial charge on any atom is 0.257 e. The summed E-state index contributed by atoms with van der Waals surface area (Å²) in [6.45, 7) is 6.21. The van der Waals surface area contributed by atoms with E-state index in [-0.39, 0.29) is 23.3 Å². The van der Waals surface area contributed by atoms with Gasteiger partial charge in [0.2, 0.25) is 5.91 Å². The lowest BCUT2D eigenvalue weighted by molar-refractivity contribution is -0.132. The minimum absolute atomic E-state index is 0.0946. The van der Waals surface area contributed by atoms with Gasteiger partial charge >= 0.3 is 0 Å². The number of amides is 1. The fourth-order valence-electron chi connectivity index (χ4n) is 4.70. The van der Waals surface area contributed by atoms with Gasteiger partial charge in [-0.05, 0) is 17.5 Å². The Bertz CT molecular complexity index is 1300. The second kappa shape index (κ2) is 14.3. The first-order chi connectivity index (χ1) is 19.0. The number of aromatic nitrogens is 2. The van der Waals surface area contributed by atoms with Crippen LogP contribution in [0.4, 0.5) is 0 Å². The summed E-state index contributed by atoms with van der Waals surface area (Å²) in [7, 11) is 3.34. The third-order valence-electron chi connectivity index (χ3n) is 6.98. The van der Waals surface area contributed by atoms with Crippen LogP contribution in [0.2, 0.25) is 0 Å².